The first-order valence-electron chi connectivity index (χ1n) is 4.02. The zero-order valence-corrected chi connectivity index (χ0v) is 7.46. The molecule has 12 heavy (non-hydrogen) atoms. The van der Waals surface area contributed by atoms with E-state index in [2.05, 4.69) is 4.74 Å². The number of ether oxygens (including phenoxy) is 1. The van der Waals surface area contributed by atoms with Crippen LogP contribution in [-0.4, -0.2) is 12.6 Å². The molecule has 0 saturated carbocycles. The number of nitriles is 1. The quantitative estimate of drug-likeness (QED) is 0.364. The van der Waals surface area contributed by atoms with Gasteiger partial charge in [0.2, 0.25) is 0 Å². The number of rotatable bonds is 4. The third kappa shape index (κ3) is 4.51. The third-order valence-corrected chi connectivity index (χ3v) is 1.24. The summed E-state index contributed by atoms with van der Waals surface area (Å²) in [5.74, 6) is -0.428. The molecule has 0 aliphatic heterocycles. The summed E-state index contributed by atoms with van der Waals surface area (Å²) in [5.41, 5.74) is 0.482. The molecule has 0 atom stereocenters. The van der Waals surface area contributed by atoms with E-state index in [4.69, 9.17) is 5.26 Å². The van der Waals surface area contributed by atoms with Gasteiger partial charge in [-0.25, -0.2) is 4.79 Å². The van der Waals surface area contributed by atoms with Crippen molar-refractivity contribution in [3.8, 4) is 6.07 Å². The second-order valence-corrected chi connectivity index (χ2v) is 2.28. The lowest BCUT2D eigenvalue weighted by Crippen LogP contribution is -2.00. The van der Waals surface area contributed by atoms with Crippen molar-refractivity contribution in [3.63, 3.8) is 0 Å². The van der Waals surface area contributed by atoms with Gasteiger partial charge in [0, 0.05) is 11.6 Å². The summed E-state index contributed by atoms with van der Waals surface area (Å²) in [7, 11) is 0. The molecule has 0 spiro atoms. The lowest BCUT2D eigenvalue weighted by atomic mass is 10.1. The van der Waals surface area contributed by atoms with E-state index in [1.807, 2.05) is 13.0 Å². The van der Waals surface area contributed by atoms with Crippen LogP contribution in [-0.2, 0) is 9.53 Å². The van der Waals surface area contributed by atoms with Gasteiger partial charge >= 0.3 is 5.97 Å². The van der Waals surface area contributed by atoms with Crippen molar-refractivity contribution in [3.05, 3.63) is 11.6 Å². The van der Waals surface area contributed by atoms with Gasteiger partial charge in [-0.1, -0.05) is 13.3 Å². The maximum absolute atomic E-state index is 10.8. The fraction of sp³-hybridized carbons (Fsp3) is 0.556. The topological polar surface area (TPSA) is 50.1 Å². The molecule has 0 amide bonds. The largest absolute Gasteiger partial charge is 0.463 e. The van der Waals surface area contributed by atoms with Gasteiger partial charge in [-0.3, -0.25) is 0 Å². The number of carbonyl (C=O) groups is 1. The highest BCUT2D eigenvalue weighted by atomic mass is 16.5. The highest BCUT2D eigenvalue weighted by Crippen LogP contribution is 2.02. The molecular weight excluding hydrogens is 154 g/mol. The molecular formula is C9H13NO2. The van der Waals surface area contributed by atoms with Crippen LogP contribution in [0.3, 0.4) is 0 Å². The highest BCUT2D eigenvalue weighted by Gasteiger charge is 1.99. The van der Waals surface area contributed by atoms with Crippen molar-refractivity contribution < 1.29 is 9.53 Å². The Morgan fingerprint density at radius 3 is 2.67 bits per heavy atom. The van der Waals surface area contributed by atoms with E-state index in [0.29, 0.717) is 18.6 Å². The van der Waals surface area contributed by atoms with E-state index in [1.165, 1.54) is 6.08 Å². The molecule has 0 N–H and O–H groups in total. The van der Waals surface area contributed by atoms with Crippen LogP contribution < -0.4 is 0 Å². The first-order chi connectivity index (χ1) is 5.74. The molecule has 3 nitrogen and oxygen atoms in total. The molecule has 0 rings (SSSR count). The number of nitrogens with zero attached hydrogens (tertiary/aromatic N) is 1. The molecule has 0 aromatic rings. The molecule has 66 valence electrons. The Bertz CT molecular complexity index is 213. The average Bonchev–Trinajstić information content (AvgIpc) is 2.04. The minimum Gasteiger partial charge on any atom is -0.463 e. The van der Waals surface area contributed by atoms with Gasteiger partial charge in [0.05, 0.1) is 12.7 Å². The van der Waals surface area contributed by atoms with E-state index >= 15 is 0 Å². The molecule has 0 saturated heterocycles. The van der Waals surface area contributed by atoms with Crippen molar-refractivity contribution in [2.75, 3.05) is 6.61 Å². The molecule has 0 bridgehead atoms. The number of hydrogen-bond donors (Lipinski definition) is 0. The second-order valence-electron chi connectivity index (χ2n) is 2.28. The molecule has 0 heterocycles. The first kappa shape index (κ1) is 10.7. The second kappa shape index (κ2) is 6.41. The Morgan fingerprint density at radius 1 is 1.58 bits per heavy atom. The van der Waals surface area contributed by atoms with Gasteiger partial charge < -0.3 is 4.74 Å². The average molecular weight is 167 g/mol. The van der Waals surface area contributed by atoms with Crippen LogP contribution in [0.4, 0.5) is 0 Å². The summed E-state index contributed by atoms with van der Waals surface area (Å²) in [6.07, 6.45) is 2.75. The van der Waals surface area contributed by atoms with E-state index in [0.717, 1.165) is 6.42 Å². The van der Waals surface area contributed by atoms with Gasteiger partial charge in [-0.2, -0.15) is 5.26 Å². The zero-order chi connectivity index (χ0) is 9.40. The molecule has 0 unspecified atom stereocenters. The Kier molecular flexibility index (Phi) is 5.72. The summed E-state index contributed by atoms with van der Waals surface area (Å²) in [4.78, 5) is 10.8. The minimum absolute atomic E-state index is 0.347. The Hall–Kier alpha value is -1.30. The summed E-state index contributed by atoms with van der Waals surface area (Å²) in [6.45, 7) is 4.04. The smallest absolute Gasteiger partial charge is 0.331 e. The molecule has 0 radical (unpaired) electrons. The van der Waals surface area contributed by atoms with E-state index in [-0.39, 0.29) is 0 Å². The predicted molar refractivity (Wildman–Crippen MR) is 45.2 cm³/mol. The van der Waals surface area contributed by atoms with Crippen LogP contribution in [0, 0.1) is 11.3 Å². The van der Waals surface area contributed by atoms with Crippen LogP contribution in [0.5, 0.6) is 0 Å². The minimum atomic E-state index is -0.428. The molecule has 0 aromatic heterocycles. The van der Waals surface area contributed by atoms with Crippen molar-refractivity contribution >= 4 is 5.97 Å². The van der Waals surface area contributed by atoms with Crippen molar-refractivity contribution in [1.82, 2.24) is 0 Å². The van der Waals surface area contributed by atoms with E-state index in [1.54, 1.807) is 6.92 Å². The van der Waals surface area contributed by atoms with E-state index in [9.17, 15) is 4.79 Å². The Labute approximate surface area is 72.6 Å². The number of hydrogen-bond acceptors (Lipinski definition) is 3. The van der Waals surface area contributed by atoms with Crippen molar-refractivity contribution in [2.24, 2.45) is 0 Å². The predicted octanol–water partition coefficient (Wildman–Crippen LogP) is 1.80. The summed E-state index contributed by atoms with van der Waals surface area (Å²) in [6, 6.07) is 1.95. The SMILES string of the molecule is CCC/C(C#N)=C\C(=O)OCC. The molecule has 0 aromatic carbocycles. The summed E-state index contributed by atoms with van der Waals surface area (Å²) in [5, 5.41) is 8.55. The van der Waals surface area contributed by atoms with Crippen LogP contribution in [0.1, 0.15) is 26.7 Å². The standard InChI is InChI=1S/C9H13NO2/c1-3-5-8(7-10)6-9(11)12-4-2/h6H,3-5H2,1-2H3/b8-6+. The van der Waals surface area contributed by atoms with Gasteiger partial charge in [0.15, 0.2) is 0 Å². The van der Waals surface area contributed by atoms with Crippen LogP contribution in [0.25, 0.3) is 0 Å². The molecule has 0 fully saturated rings. The van der Waals surface area contributed by atoms with Gasteiger partial charge in [0.1, 0.15) is 0 Å². The molecule has 0 aliphatic carbocycles. The lowest BCUT2D eigenvalue weighted by Gasteiger charge is -1.96. The van der Waals surface area contributed by atoms with Crippen LogP contribution >= 0.6 is 0 Å². The Morgan fingerprint density at radius 2 is 2.25 bits per heavy atom. The fourth-order valence-electron chi connectivity index (χ4n) is 0.756. The first-order valence-corrected chi connectivity index (χ1v) is 4.02. The van der Waals surface area contributed by atoms with Crippen molar-refractivity contribution in [2.45, 2.75) is 26.7 Å². The van der Waals surface area contributed by atoms with Crippen molar-refractivity contribution in [1.29, 1.82) is 5.26 Å². The van der Waals surface area contributed by atoms with Gasteiger partial charge in [0.25, 0.3) is 0 Å². The van der Waals surface area contributed by atoms with Crippen LogP contribution in [0.2, 0.25) is 0 Å². The Balaban J connectivity index is 4.10. The van der Waals surface area contributed by atoms with Gasteiger partial charge in [-0.05, 0) is 13.3 Å². The van der Waals surface area contributed by atoms with E-state index < -0.39 is 5.97 Å². The summed E-state index contributed by atoms with van der Waals surface area (Å²) >= 11 is 0. The fourth-order valence-corrected chi connectivity index (χ4v) is 0.756. The lowest BCUT2D eigenvalue weighted by molar-refractivity contribution is -0.137. The zero-order valence-electron chi connectivity index (χ0n) is 7.46. The number of carbonyl (C=O) groups excluding carboxylic acids is 1. The highest BCUT2D eigenvalue weighted by molar-refractivity contribution is 5.83. The normalized spacial score (nSPS) is 10.6. The monoisotopic (exact) mass is 167 g/mol. The number of allylic oxidation sites excluding steroid dienone is 1. The third-order valence-electron chi connectivity index (χ3n) is 1.24. The molecule has 3 heteroatoms. The molecule has 0 aliphatic rings. The maximum atomic E-state index is 10.8. The van der Waals surface area contributed by atoms with Gasteiger partial charge in [-0.15, -0.1) is 0 Å². The number of esters is 1. The summed E-state index contributed by atoms with van der Waals surface area (Å²) < 4.78 is 4.65. The van der Waals surface area contributed by atoms with Crippen LogP contribution in [0.15, 0.2) is 11.6 Å². The maximum Gasteiger partial charge on any atom is 0.331 e.